The van der Waals surface area contributed by atoms with Gasteiger partial charge in [0.2, 0.25) is 0 Å². The highest BCUT2D eigenvalue weighted by molar-refractivity contribution is 5.71. The lowest BCUT2D eigenvalue weighted by Gasteiger charge is -2.01. The van der Waals surface area contributed by atoms with E-state index < -0.39 is 11.8 Å². The van der Waals surface area contributed by atoms with Crippen LogP contribution in [-0.2, 0) is 6.54 Å². The number of carbonyl (C=O) groups excluding carboxylic acids is 1. The van der Waals surface area contributed by atoms with E-state index in [1.54, 1.807) is 0 Å². The van der Waals surface area contributed by atoms with Crippen LogP contribution in [0.1, 0.15) is 5.56 Å². The smallest absolute Gasteiger partial charge is 0.312 e. The van der Waals surface area contributed by atoms with Gasteiger partial charge in [0.25, 0.3) is 0 Å². The first-order valence-corrected chi connectivity index (χ1v) is 3.32. The van der Waals surface area contributed by atoms with Crippen molar-refractivity contribution >= 4 is 6.03 Å². The second kappa shape index (κ2) is 3.66. The van der Waals surface area contributed by atoms with Crippen LogP contribution in [0.2, 0.25) is 0 Å². The number of nitrogens with one attached hydrogen (secondary N) is 1. The Kier molecular flexibility index (Phi) is 2.57. The quantitative estimate of drug-likeness (QED) is 0.672. The van der Waals surface area contributed by atoms with E-state index in [1.807, 2.05) is 0 Å². The largest absolute Gasteiger partial charge is 0.352 e. The summed E-state index contributed by atoms with van der Waals surface area (Å²) in [6.45, 7) is 0.0645. The molecule has 0 aromatic carbocycles. The molecule has 0 aliphatic heterocycles. The van der Waals surface area contributed by atoms with Crippen LogP contribution in [0.4, 0.5) is 9.18 Å². The van der Waals surface area contributed by atoms with Gasteiger partial charge in [0.15, 0.2) is 0 Å². The molecule has 0 radical (unpaired) electrons. The molecule has 2 amide bonds. The molecule has 0 saturated carbocycles. The minimum absolute atomic E-state index is 0.0645. The van der Waals surface area contributed by atoms with Crippen LogP contribution >= 0.6 is 0 Å². The van der Waals surface area contributed by atoms with Crippen molar-refractivity contribution < 1.29 is 9.18 Å². The van der Waals surface area contributed by atoms with Gasteiger partial charge in [-0.25, -0.2) is 9.18 Å². The maximum atomic E-state index is 12.8. The molecule has 0 aliphatic rings. The highest BCUT2D eigenvalue weighted by Gasteiger charge is 2.00. The molecular weight excluding hydrogens is 161 g/mol. The third-order valence-corrected chi connectivity index (χ3v) is 1.30. The molecule has 3 N–H and O–H groups in total. The number of aromatic nitrogens is 1. The fourth-order valence-corrected chi connectivity index (χ4v) is 0.723. The van der Waals surface area contributed by atoms with E-state index >= 15 is 0 Å². The van der Waals surface area contributed by atoms with E-state index in [1.165, 1.54) is 18.5 Å². The fourth-order valence-electron chi connectivity index (χ4n) is 0.723. The Balaban J connectivity index is 2.63. The van der Waals surface area contributed by atoms with Crippen LogP contribution in [-0.4, -0.2) is 11.0 Å². The Labute approximate surface area is 68.6 Å². The number of amides is 2. The lowest BCUT2D eigenvalue weighted by atomic mass is 10.3. The summed E-state index contributed by atoms with van der Waals surface area (Å²) in [7, 11) is 0. The number of hydrogen-bond donors (Lipinski definition) is 2. The maximum absolute atomic E-state index is 12.8. The van der Waals surface area contributed by atoms with E-state index in [9.17, 15) is 9.18 Å². The lowest BCUT2D eigenvalue weighted by Crippen LogP contribution is -2.29. The number of pyridine rings is 1. The predicted molar refractivity (Wildman–Crippen MR) is 40.6 cm³/mol. The molecule has 12 heavy (non-hydrogen) atoms. The second-order valence-corrected chi connectivity index (χ2v) is 2.18. The van der Waals surface area contributed by atoms with Gasteiger partial charge in [-0.15, -0.1) is 0 Å². The molecule has 1 heterocycles. The van der Waals surface area contributed by atoms with Gasteiger partial charge in [0, 0.05) is 24.5 Å². The monoisotopic (exact) mass is 169 g/mol. The number of hydrogen-bond acceptors (Lipinski definition) is 2. The van der Waals surface area contributed by atoms with Gasteiger partial charge in [0.1, 0.15) is 5.82 Å². The van der Waals surface area contributed by atoms with Crippen molar-refractivity contribution in [1.82, 2.24) is 10.3 Å². The zero-order valence-corrected chi connectivity index (χ0v) is 6.25. The average Bonchev–Trinajstić information content (AvgIpc) is 2.03. The van der Waals surface area contributed by atoms with Crippen LogP contribution in [0, 0.1) is 5.82 Å². The third kappa shape index (κ3) is 2.19. The first-order valence-electron chi connectivity index (χ1n) is 3.32. The van der Waals surface area contributed by atoms with Crippen LogP contribution in [0.25, 0.3) is 0 Å². The summed E-state index contributed by atoms with van der Waals surface area (Å²) in [6, 6.07) is 0.538. The average molecular weight is 169 g/mol. The summed E-state index contributed by atoms with van der Waals surface area (Å²) in [5, 5.41) is 2.26. The zero-order valence-electron chi connectivity index (χ0n) is 6.25. The van der Waals surface area contributed by atoms with Crippen molar-refractivity contribution in [2.24, 2.45) is 5.73 Å². The number of primary amides is 1. The highest BCUT2D eigenvalue weighted by atomic mass is 19.1. The van der Waals surface area contributed by atoms with Crippen LogP contribution in [0.15, 0.2) is 18.5 Å². The molecule has 0 aliphatic carbocycles. The van der Waals surface area contributed by atoms with E-state index in [4.69, 9.17) is 5.73 Å². The Morgan fingerprint density at radius 1 is 1.75 bits per heavy atom. The topological polar surface area (TPSA) is 68.0 Å². The summed E-state index contributed by atoms with van der Waals surface area (Å²) in [5.41, 5.74) is 5.11. The second-order valence-electron chi connectivity index (χ2n) is 2.18. The van der Waals surface area contributed by atoms with Gasteiger partial charge >= 0.3 is 6.03 Å². The molecule has 1 aromatic rings. The van der Waals surface area contributed by atoms with Crippen molar-refractivity contribution in [3.05, 3.63) is 29.8 Å². The molecule has 4 nitrogen and oxygen atoms in total. The molecule has 5 heteroatoms. The maximum Gasteiger partial charge on any atom is 0.312 e. The summed E-state index contributed by atoms with van der Waals surface area (Å²) in [6.07, 6.45) is 2.67. The minimum Gasteiger partial charge on any atom is -0.352 e. The Hall–Kier alpha value is -1.65. The molecule has 0 fully saturated rings. The SMILES string of the molecule is NC(=O)NCc1cnccc1F. The van der Waals surface area contributed by atoms with E-state index in [0.29, 0.717) is 5.56 Å². The number of carbonyl (C=O) groups is 1. The van der Waals surface area contributed by atoms with Crippen LogP contribution in [0.3, 0.4) is 0 Å². The van der Waals surface area contributed by atoms with Gasteiger partial charge in [-0.2, -0.15) is 0 Å². The summed E-state index contributed by atoms with van der Waals surface area (Å²) < 4.78 is 12.8. The molecule has 64 valence electrons. The molecule has 0 unspecified atom stereocenters. The number of urea groups is 1. The number of rotatable bonds is 2. The third-order valence-electron chi connectivity index (χ3n) is 1.30. The fraction of sp³-hybridized carbons (Fsp3) is 0.143. The molecule has 0 saturated heterocycles. The van der Waals surface area contributed by atoms with Gasteiger partial charge in [-0.3, -0.25) is 4.98 Å². The Morgan fingerprint density at radius 3 is 3.08 bits per heavy atom. The molecule has 1 rings (SSSR count). The normalized spacial score (nSPS) is 9.42. The van der Waals surface area contributed by atoms with Gasteiger partial charge in [0.05, 0.1) is 0 Å². The summed E-state index contributed by atoms with van der Waals surface area (Å²) in [4.78, 5) is 13.9. The molecule has 0 atom stereocenters. The summed E-state index contributed by atoms with van der Waals surface area (Å²) >= 11 is 0. The Bertz CT molecular complexity index is 290. The lowest BCUT2D eigenvalue weighted by molar-refractivity contribution is 0.248. The van der Waals surface area contributed by atoms with Crippen LogP contribution in [0.5, 0.6) is 0 Å². The molecule has 0 bridgehead atoms. The predicted octanol–water partition coefficient (Wildman–Crippen LogP) is 0.389. The van der Waals surface area contributed by atoms with Crippen molar-refractivity contribution in [3.63, 3.8) is 0 Å². The Morgan fingerprint density at radius 2 is 2.50 bits per heavy atom. The zero-order chi connectivity index (χ0) is 8.97. The number of nitrogens with zero attached hydrogens (tertiary/aromatic N) is 1. The van der Waals surface area contributed by atoms with Gasteiger partial charge in [-0.05, 0) is 6.07 Å². The van der Waals surface area contributed by atoms with Crippen molar-refractivity contribution in [2.45, 2.75) is 6.54 Å². The molecule has 0 spiro atoms. The van der Waals surface area contributed by atoms with Crippen molar-refractivity contribution in [1.29, 1.82) is 0 Å². The molecule has 1 aromatic heterocycles. The summed E-state index contributed by atoms with van der Waals surface area (Å²) in [5.74, 6) is -0.404. The van der Waals surface area contributed by atoms with E-state index in [2.05, 4.69) is 10.3 Å². The van der Waals surface area contributed by atoms with E-state index in [-0.39, 0.29) is 6.54 Å². The van der Waals surface area contributed by atoms with E-state index in [0.717, 1.165) is 0 Å². The first kappa shape index (κ1) is 8.45. The number of halogens is 1. The standard InChI is InChI=1S/C7H8FN3O/c8-6-1-2-10-3-5(6)4-11-7(9)12/h1-3H,4H2,(H3,9,11,12). The van der Waals surface area contributed by atoms with Gasteiger partial charge in [-0.1, -0.05) is 0 Å². The van der Waals surface area contributed by atoms with Crippen molar-refractivity contribution in [3.8, 4) is 0 Å². The molecular formula is C7H8FN3O. The minimum atomic E-state index is -0.682. The highest BCUT2D eigenvalue weighted by Crippen LogP contribution is 2.02. The first-order chi connectivity index (χ1) is 5.70. The number of nitrogens with two attached hydrogens (primary N) is 1. The van der Waals surface area contributed by atoms with Crippen molar-refractivity contribution in [2.75, 3.05) is 0 Å². The van der Waals surface area contributed by atoms with Crippen LogP contribution < -0.4 is 11.1 Å². The van der Waals surface area contributed by atoms with Gasteiger partial charge < -0.3 is 11.1 Å².